The Labute approximate surface area is 220 Å². The van der Waals surface area contributed by atoms with E-state index in [1.807, 2.05) is 45.0 Å². The molecule has 0 heterocycles. The van der Waals surface area contributed by atoms with Crippen LogP contribution < -0.4 is 14.2 Å². The van der Waals surface area contributed by atoms with Gasteiger partial charge in [0.25, 0.3) is 0 Å². The van der Waals surface area contributed by atoms with Crippen LogP contribution in [0, 0.1) is 0 Å². The van der Waals surface area contributed by atoms with Crippen LogP contribution in [0.1, 0.15) is 37.5 Å². The van der Waals surface area contributed by atoms with Crippen molar-refractivity contribution in [3.63, 3.8) is 0 Å². The Morgan fingerprint density at radius 3 is 2.21 bits per heavy atom. The second-order valence-electron chi connectivity index (χ2n) is 8.75. The molecule has 3 aromatic rings. The average Bonchev–Trinajstić information content (AvgIpc) is 2.87. The summed E-state index contributed by atoms with van der Waals surface area (Å²) in [6.07, 6.45) is -3.85. The third kappa shape index (κ3) is 7.18. The minimum atomic E-state index is -4.72. The van der Waals surface area contributed by atoms with E-state index in [0.717, 1.165) is 30.2 Å². The molecule has 3 aromatic carbocycles. The lowest BCUT2D eigenvalue weighted by Gasteiger charge is -2.27. The summed E-state index contributed by atoms with van der Waals surface area (Å²) >= 11 is 0. The number of alkyl halides is 3. The van der Waals surface area contributed by atoms with E-state index < -0.39 is 26.8 Å². The number of hydrogen-bond acceptors (Lipinski definition) is 5. The van der Waals surface area contributed by atoms with Gasteiger partial charge in [0, 0.05) is 18.3 Å². The molecular weight excluding hydrogens is 521 g/mol. The van der Waals surface area contributed by atoms with Gasteiger partial charge in [-0.2, -0.15) is 21.6 Å². The van der Waals surface area contributed by atoms with Gasteiger partial charge in [0.15, 0.2) is 11.5 Å². The van der Waals surface area contributed by atoms with Crippen LogP contribution in [-0.4, -0.2) is 32.5 Å². The number of carbonyl (C=O) groups is 1. The number of hydrogen-bond donors (Lipinski definition) is 1. The fraction of sp³-hybridized carbons (Fsp3) is 0.296. The molecule has 0 saturated carbocycles. The van der Waals surface area contributed by atoms with Crippen molar-refractivity contribution >= 4 is 21.8 Å². The predicted molar refractivity (Wildman–Crippen MR) is 138 cm³/mol. The maximum atomic E-state index is 13.1. The molecule has 38 heavy (non-hydrogen) atoms. The first-order chi connectivity index (χ1) is 17.8. The molecule has 204 valence electrons. The molecule has 0 spiro atoms. The van der Waals surface area contributed by atoms with Gasteiger partial charge in [-0.25, -0.2) is 4.79 Å². The minimum absolute atomic E-state index is 0.0564. The SMILES string of the molecule is CCc1ccc(NC(=O)N(Cc2ccc(OC)c(OS(=O)(=O)c3cccc(C(F)(F)F)c3)c2)C(C)C)cc1. The van der Waals surface area contributed by atoms with Crippen molar-refractivity contribution in [1.29, 1.82) is 0 Å². The molecular formula is C27H29F3N2O5S. The minimum Gasteiger partial charge on any atom is -0.493 e. The summed E-state index contributed by atoms with van der Waals surface area (Å²) in [7, 11) is -3.32. The first-order valence-electron chi connectivity index (χ1n) is 11.8. The number of carbonyl (C=O) groups excluding carboxylic acids is 1. The summed E-state index contributed by atoms with van der Waals surface area (Å²) in [4.78, 5) is 13.9. The van der Waals surface area contributed by atoms with Crippen LogP contribution in [0.2, 0.25) is 0 Å². The number of halogens is 3. The Kier molecular flexibility index (Phi) is 8.93. The van der Waals surface area contributed by atoms with Gasteiger partial charge in [-0.1, -0.05) is 31.2 Å². The number of amides is 2. The van der Waals surface area contributed by atoms with Crippen molar-refractivity contribution in [2.75, 3.05) is 12.4 Å². The van der Waals surface area contributed by atoms with Crippen LogP contribution in [0.15, 0.2) is 71.6 Å². The fourth-order valence-corrected chi connectivity index (χ4v) is 4.56. The number of rotatable bonds is 9. The first kappa shape index (κ1) is 28.8. The number of nitrogens with one attached hydrogen (secondary N) is 1. The van der Waals surface area contributed by atoms with Crippen LogP contribution in [0.4, 0.5) is 23.7 Å². The van der Waals surface area contributed by atoms with Gasteiger partial charge in [-0.3, -0.25) is 0 Å². The molecule has 0 fully saturated rings. The molecule has 0 saturated heterocycles. The summed E-state index contributed by atoms with van der Waals surface area (Å²) in [5, 5.41) is 2.85. The Hall–Kier alpha value is -3.73. The zero-order valence-electron chi connectivity index (χ0n) is 21.4. The molecule has 0 bridgehead atoms. The maximum absolute atomic E-state index is 13.1. The van der Waals surface area contributed by atoms with Crippen LogP contribution in [0.25, 0.3) is 0 Å². The van der Waals surface area contributed by atoms with E-state index in [-0.39, 0.29) is 30.1 Å². The van der Waals surface area contributed by atoms with Crippen LogP contribution in [0.3, 0.4) is 0 Å². The molecule has 0 atom stereocenters. The van der Waals surface area contributed by atoms with E-state index in [0.29, 0.717) is 17.3 Å². The summed E-state index contributed by atoms with van der Waals surface area (Å²) in [5.74, 6) is -0.164. The number of methoxy groups -OCH3 is 1. The molecule has 1 N–H and O–H groups in total. The van der Waals surface area contributed by atoms with E-state index in [9.17, 15) is 26.4 Å². The molecule has 0 aromatic heterocycles. The Balaban J connectivity index is 1.85. The third-order valence-electron chi connectivity index (χ3n) is 5.73. The van der Waals surface area contributed by atoms with E-state index in [2.05, 4.69) is 5.32 Å². The molecule has 0 aliphatic heterocycles. The summed E-state index contributed by atoms with van der Waals surface area (Å²) in [5.41, 5.74) is 1.16. The van der Waals surface area contributed by atoms with Gasteiger partial charge in [0.2, 0.25) is 0 Å². The van der Waals surface area contributed by atoms with Gasteiger partial charge in [-0.15, -0.1) is 0 Å². The number of anilines is 1. The van der Waals surface area contributed by atoms with E-state index in [4.69, 9.17) is 8.92 Å². The Morgan fingerprint density at radius 2 is 1.63 bits per heavy atom. The van der Waals surface area contributed by atoms with Crippen molar-refractivity contribution in [2.24, 2.45) is 0 Å². The lowest BCUT2D eigenvalue weighted by molar-refractivity contribution is -0.137. The normalized spacial score (nSPS) is 11.8. The zero-order valence-corrected chi connectivity index (χ0v) is 22.2. The van der Waals surface area contributed by atoms with E-state index >= 15 is 0 Å². The van der Waals surface area contributed by atoms with Crippen LogP contribution in [-0.2, 0) is 29.3 Å². The Bertz CT molecular complexity index is 1370. The quantitative estimate of drug-likeness (QED) is 0.308. The molecule has 0 aliphatic rings. The van der Waals surface area contributed by atoms with Crippen LogP contribution >= 0.6 is 0 Å². The van der Waals surface area contributed by atoms with Gasteiger partial charge < -0.3 is 19.1 Å². The lowest BCUT2D eigenvalue weighted by atomic mass is 10.1. The van der Waals surface area contributed by atoms with E-state index in [1.54, 1.807) is 11.0 Å². The molecule has 2 amide bonds. The highest BCUT2D eigenvalue weighted by Gasteiger charge is 2.32. The molecule has 0 radical (unpaired) electrons. The summed E-state index contributed by atoms with van der Waals surface area (Å²) < 4.78 is 75.3. The molecule has 3 rings (SSSR count). The highest BCUT2D eigenvalue weighted by Crippen LogP contribution is 2.34. The highest BCUT2D eigenvalue weighted by atomic mass is 32.2. The van der Waals surface area contributed by atoms with Gasteiger partial charge >= 0.3 is 22.3 Å². The lowest BCUT2D eigenvalue weighted by Crippen LogP contribution is -2.39. The van der Waals surface area contributed by atoms with Crippen molar-refractivity contribution in [2.45, 2.75) is 50.9 Å². The fourth-order valence-electron chi connectivity index (χ4n) is 3.58. The number of benzene rings is 3. The number of nitrogens with zero attached hydrogens (tertiary/aromatic N) is 1. The van der Waals surface area contributed by atoms with Crippen molar-refractivity contribution in [1.82, 2.24) is 4.90 Å². The number of ether oxygens (including phenoxy) is 1. The second kappa shape index (κ2) is 11.8. The molecule has 11 heteroatoms. The second-order valence-corrected chi connectivity index (χ2v) is 10.3. The maximum Gasteiger partial charge on any atom is 0.416 e. The third-order valence-corrected chi connectivity index (χ3v) is 6.96. The Morgan fingerprint density at radius 1 is 0.974 bits per heavy atom. The van der Waals surface area contributed by atoms with Gasteiger partial charge in [-0.05, 0) is 73.9 Å². The molecule has 0 aliphatic carbocycles. The van der Waals surface area contributed by atoms with Crippen molar-refractivity contribution in [3.8, 4) is 11.5 Å². The first-order valence-corrected chi connectivity index (χ1v) is 13.2. The average molecular weight is 551 g/mol. The molecule has 7 nitrogen and oxygen atoms in total. The predicted octanol–water partition coefficient (Wildman–Crippen LogP) is 6.49. The zero-order chi connectivity index (χ0) is 28.1. The van der Waals surface area contributed by atoms with Crippen molar-refractivity contribution < 1.29 is 35.3 Å². The standard InChI is InChI=1S/C27H29F3N2O5S/c1-5-19-9-12-22(13-10-19)31-26(33)32(18(2)3)17-20-11-14-24(36-4)25(15-20)37-38(34,35)23-8-6-7-21(16-23)27(28,29)30/h6-16,18H,5,17H2,1-4H3,(H,31,33). The smallest absolute Gasteiger partial charge is 0.416 e. The number of aryl methyl sites for hydroxylation is 1. The number of urea groups is 1. The monoisotopic (exact) mass is 550 g/mol. The van der Waals surface area contributed by atoms with E-state index in [1.165, 1.54) is 19.2 Å². The molecule has 0 unspecified atom stereocenters. The topological polar surface area (TPSA) is 84.9 Å². The highest BCUT2D eigenvalue weighted by molar-refractivity contribution is 7.87. The summed E-state index contributed by atoms with van der Waals surface area (Å²) in [6, 6.07) is 14.6. The largest absolute Gasteiger partial charge is 0.493 e. The van der Waals surface area contributed by atoms with Crippen LogP contribution in [0.5, 0.6) is 11.5 Å². The van der Waals surface area contributed by atoms with Gasteiger partial charge in [0.05, 0.1) is 12.7 Å². The van der Waals surface area contributed by atoms with Crippen molar-refractivity contribution in [3.05, 3.63) is 83.4 Å². The van der Waals surface area contributed by atoms with Gasteiger partial charge in [0.1, 0.15) is 4.90 Å². The summed E-state index contributed by atoms with van der Waals surface area (Å²) in [6.45, 7) is 5.80.